The number of hydrogen-bond acceptors (Lipinski definition) is 4. The Balaban J connectivity index is 1.55. The van der Waals surface area contributed by atoms with E-state index in [4.69, 9.17) is 17.0 Å². The van der Waals surface area contributed by atoms with Gasteiger partial charge in [-0.25, -0.2) is 0 Å². The Hall–Kier alpha value is -2.05. The Labute approximate surface area is 181 Å². The van der Waals surface area contributed by atoms with Crippen molar-refractivity contribution in [1.82, 2.24) is 9.47 Å². The molecule has 1 aromatic heterocycles. The Morgan fingerprint density at radius 3 is 2.55 bits per heavy atom. The summed E-state index contributed by atoms with van der Waals surface area (Å²) in [7, 11) is 1.64. The first kappa shape index (κ1) is 20.2. The Kier molecular flexibility index (Phi) is 5.83. The van der Waals surface area contributed by atoms with Crippen molar-refractivity contribution in [3.05, 3.63) is 57.8 Å². The zero-order chi connectivity index (χ0) is 20.5. The van der Waals surface area contributed by atoms with Crippen molar-refractivity contribution in [2.45, 2.75) is 52.1 Å². The van der Waals surface area contributed by atoms with E-state index in [-0.39, 0.29) is 5.91 Å². The van der Waals surface area contributed by atoms with E-state index in [9.17, 15) is 4.79 Å². The quantitative estimate of drug-likeness (QED) is 0.458. The topological polar surface area (TPSA) is 34.5 Å². The summed E-state index contributed by atoms with van der Waals surface area (Å²) >= 11 is 6.90. The van der Waals surface area contributed by atoms with Gasteiger partial charge in [0.15, 0.2) is 0 Å². The first-order valence-electron chi connectivity index (χ1n) is 10.0. The Morgan fingerprint density at radius 1 is 1.21 bits per heavy atom. The highest BCUT2D eigenvalue weighted by Gasteiger charge is 2.32. The normalized spacial score (nSPS) is 19.0. The maximum absolute atomic E-state index is 13.0. The third-order valence-corrected chi connectivity index (χ3v) is 7.25. The molecular weight excluding hydrogens is 400 g/mol. The molecule has 1 aromatic carbocycles. The standard InChI is InChI=1S/C23H26N2O2S2/c1-15-12-18(16(2)25(15)19-6-4-5-7-19)13-21-22(26)24(23(28)29-21)14-17-8-10-20(27-3)11-9-17/h8-13,19H,4-7,14H2,1-3H3/b21-13-. The van der Waals surface area contributed by atoms with E-state index in [1.165, 1.54) is 48.8 Å². The molecule has 0 unspecified atom stereocenters. The molecule has 1 saturated heterocycles. The predicted octanol–water partition coefficient (Wildman–Crippen LogP) is 5.63. The van der Waals surface area contributed by atoms with Gasteiger partial charge < -0.3 is 9.30 Å². The van der Waals surface area contributed by atoms with Gasteiger partial charge in [-0.3, -0.25) is 9.69 Å². The average Bonchev–Trinajstić information content (AvgIpc) is 3.39. The molecule has 4 rings (SSSR count). The van der Waals surface area contributed by atoms with Crippen molar-refractivity contribution in [1.29, 1.82) is 0 Å². The number of aryl methyl sites for hydroxylation is 1. The van der Waals surface area contributed by atoms with Crippen LogP contribution in [0.15, 0.2) is 35.2 Å². The van der Waals surface area contributed by atoms with Gasteiger partial charge in [0.05, 0.1) is 18.6 Å². The van der Waals surface area contributed by atoms with Gasteiger partial charge in [0.1, 0.15) is 10.1 Å². The summed E-state index contributed by atoms with van der Waals surface area (Å²) < 4.78 is 8.27. The number of carbonyl (C=O) groups excluding carboxylic acids is 1. The number of methoxy groups -OCH3 is 1. The summed E-state index contributed by atoms with van der Waals surface area (Å²) in [4.78, 5) is 15.4. The third-order valence-electron chi connectivity index (χ3n) is 5.87. The second kappa shape index (κ2) is 8.36. The van der Waals surface area contributed by atoms with Gasteiger partial charge in [0, 0.05) is 17.4 Å². The lowest BCUT2D eigenvalue weighted by Crippen LogP contribution is -2.27. The lowest BCUT2D eigenvalue weighted by atomic mass is 10.2. The van der Waals surface area contributed by atoms with Gasteiger partial charge in [-0.05, 0) is 62.1 Å². The maximum atomic E-state index is 13.0. The Bertz CT molecular complexity index is 970. The highest BCUT2D eigenvalue weighted by Crippen LogP contribution is 2.37. The number of amides is 1. The van der Waals surface area contributed by atoms with Gasteiger partial charge in [-0.2, -0.15) is 0 Å². The van der Waals surface area contributed by atoms with E-state index < -0.39 is 0 Å². The van der Waals surface area contributed by atoms with Crippen LogP contribution in [0, 0.1) is 13.8 Å². The molecule has 1 amide bonds. The van der Waals surface area contributed by atoms with Crippen molar-refractivity contribution < 1.29 is 9.53 Å². The molecule has 29 heavy (non-hydrogen) atoms. The number of rotatable bonds is 5. The molecule has 0 atom stereocenters. The molecule has 2 fully saturated rings. The summed E-state index contributed by atoms with van der Waals surface area (Å²) in [6, 6.07) is 10.5. The van der Waals surface area contributed by atoms with E-state index in [0.29, 0.717) is 21.8 Å². The van der Waals surface area contributed by atoms with E-state index in [2.05, 4.69) is 24.5 Å². The van der Waals surface area contributed by atoms with E-state index in [1.54, 1.807) is 12.0 Å². The number of nitrogens with zero attached hydrogens (tertiary/aromatic N) is 2. The van der Waals surface area contributed by atoms with E-state index >= 15 is 0 Å². The fraction of sp³-hybridized carbons (Fsp3) is 0.391. The molecule has 4 nitrogen and oxygen atoms in total. The zero-order valence-electron chi connectivity index (χ0n) is 17.1. The first-order valence-corrected chi connectivity index (χ1v) is 11.3. The van der Waals surface area contributed by atoms with Gasteiger partial charge in [0.25, 0.3) is 5.91 Å². The van der Waals surface area contributed by atoms with Crippen LogP contribution in [0.3, 0.4) is 0 Å². The van der Waals surface area contributed by atoms with Crippen LogP contribution in [-0.4, -0.2) is 26.8 Å². The van der Waals surface area contributed by atoms with Gasteiger partial charge in [-0.15, -0.1) is 0 Å². The highest BCUT2D eigenvalue weighted by atomic mass is 32.2. The molecule has 0 bridgehead atoms. The summed E-state index contributed by atoms with van der Waals surface area (Å²) in [5, 5.41) is 0. The number of aromatic nitrogens is 1. The molecule has 2 aromatic rings. The fourth-order valence-corrected chi connectivity index (χ4v) is 5.61. The average molecular weight is 427 g/mol. The highest BCUT2D eigenvalue weighted by molar-refractivity contribution is 8.26. The van der Waals surface area contributed by atoms with Crippen LogP contribution in [0.25, 0.3) is 6.08 Å². The number of thioether (sulfide) groups is 1. The van der Waals surface area contributed by atoms with E-state index in [0.717, 1.165) is 16.9 Å². The largest absolute Gasteiger partial charge is 0.497 e. The van der Waals surface area contributed by atoms with Gasteiger partial charge in [-0.1, -0.05) is 49.0 Å². The summed E-state index contributed by atoms with van der Waals surface area (Å²) in [6.07, 6.45) is 7.13. The molecule has 1 aliphatic carbocycles. The minimum Gasteiger partial charge on any atom is -0.497 e. The van der Waals surface area contributed by atoms with Crippen molar-refractivity contribution in [3.8, 4) is 5.75 Å². The maximum Gasteiger partial charge on any atom is 0.266 e. The SMILES string of the molecule is COc1ccc(CN2C(=O)/C(=C/c3cc(C)n(C4CCCC4)c3C)SC2=S)cc1. The van der Waals surface area contributed by atoms with Gasteiger partial charge in [0.2, 0.25) is 0 Å². The minimum atomic E-state index is -0.0125. The van der Waals surface area contributed by atoms with Crippen LogP contribution in [0.1, 0.15) is 54.2 Å². The second-order valence-electron chi connectivity index (χ2n) is 7.75. The van der Waals surface area contributed by atoms with E-state index in [1.807, 2.05) is 30.3 Å². The van der Waals surface area contributed by atoms with Crippen molar-refractivity contribution in [2.24, 2.45) is 0 Å². The lowest BCUT2D eigenvalue weighted by molar-refractivity contribution is -0.122. The number of benzene rings is 1. The van der Waals surface area contributed by atoms with Crippen LogP contribution in [-0.2, 0) is 11.3 Å². The zero-order valence-corrected chi connectivity index (χ0v) is 18.7. The molecule has 0 spiro atoms. The second-order valence-corrected chi connectivity index (χ2v) is 9.43. The van der Waals surface area contributed by atoms with Crippen LogP contribution in [0.2, 0.25) is 0 Å². The molecule has 0 radical (unpaired) electrons. The smallest absolute Gasteiger partial charge is 0.266 e. The monoisotopic (exact) mass is 426 g/mol. The van der Waals surface area contributed by atoms with Crippen LogP contribution < -0.4 is 4.74 Å². The molecule has 1 aliphatic heterocycles. The molecule has 152 valence electrons. The van der Waals surface area contributed by atoms with Crippen molar-refractivity contribution >= 4 is 40.3 Å². The lowest BCUT2D eigenvalue weighted by Gasteiger charge is -2.17. The molecule has 0 N–H and O–H groups in total. The molecular formula is C23H26N2O2S2. The minimum absolute atomic E-state index is 0.0125. The van der Waals surface area contributed by atoms with Crippen molar-refractivity contribution in [2.75, 3.05) is 7.11 Å². The number of ether oxygens (including phenoxy) is 1. The van der Waals surface area contributed by atoms with Crippen LogP contribution >= 0.6 is 24.0 Å². The summed E-state index contributed by atoms with van der Waals surface area (Å²) in [5.41, 5.74) is 4.67. The first-order chi connectivity index (χ1) is 14.0. The molecule has 6 heteroatoms. The molecule has 1 saturated carbocycles. The third kappa shape index (κ3) is 4.01. The van der Waals surface area contributed by atoms with Crippen LogP contribution in [0.5, 0.6) is 5.75 Å². The molecule has 2 aliphatic rings. The number of carbonyl (C=O) groups is 1. The predicted molar refractivity (Wildman–Crippen MR) is 123 cm³/mol. The van der Waals surface area contributed by atoms with Gasteiger partial charge >= 0.3 is 0 Å². The summed E-state index contributed by atoms with van der Waals surface area (Å²) in [6.45, 7) is 4.81. The van der Waals surface area contributed by atoms with Crippen molar-refractivity contribution in [3.63, 3.8) is 0 Å². The van der Waals surface area contributed by atoms with Crippen LogP contribution in [0.4, 0.5) is 0 Å². The fourth-order valence-electron chi connectivity index (χ4n) is 4.36. The number of hydrogen-bond donors (Lipinski definition) is 0. The summed E-state index contributed by atoms with van der Waals surface area (Å²) in [5.74, 6) is 0.790. The Morgan fingerprint density at radius 2 is 1.90 bits per heavy atom. The molecule has 2 heterocycles. The number of thiocarbonyl (C=S) groups is 1.